The Kier molecular flexibility index (Phi) is 7.11. The molecular formula is C15H23FN2O3. The van der Waals surface area contributed by atoms with Crippen LogP contribution in [-0.4, -0.2) is 38.3 Å². The highest BCUT2D eigenvalue weighted by molar-refractivity contribution is 5.77. The summed E-state index contributed by atoms with van der Waals surface area (Å²) in [6.45, 7) is 3.96. The molecule has 0 aromatic heterocycles. The van der Waals surface area contributed by atoms with E-state index in [-0.39, 0.29) is 30.4 Å². The monoisotopic (exact) mass is 298 g/mol. The molecule has 0 saturated heterocycles. The molecule has 0 fully saturated rings. The van der Waals surface area contributed by atoms with E-state index in [1.165, 1.54) is 18.2 Å². The smallest absolute Gasteiger partial charge is 0.258 e. The molecule has 118 valence electrons. The topological polar surface area (TPSA) is 73.6 Å². The first-order valence-electron chi connectivity index (χ1n) is 6.87. The van der Waals surface area contributed by atoms with Gasteiger partial charge in [0, 0.05) is 19.2 Å². The molecule has 1 aromatic carbocycles. The predicted octanol–water partition coefficient (Wildman–Crippen LogP) is 1.25. The van der Waals surface area contributed by atoms with E-state index in [0.717, 1.165) is 0 Å². The summed E-state index contributed by atoms with van der Waals surface area (Å²) < 4.78 is 23.7. The summed E-state index contributed by atoms with van der Waals surface area (Å²) in [6.07, 6.45) is 0.481. The summed E-state index contributed by atoms with van der Waals surface area (Å²) in [4.78, 5) is 11.7. The molecule has 0 spiro atoms. The molecule has 0 aliphatic heterocycles. The lowest BCUT2D eigenvalue weighted by molar-refractivity contribution is -0.124. The van der Waals surface area contributed by atoms with Gasteiger partial charge in [-0.15, -0.1) is 0 Å². The first kappa shape index (κ1) is 17.4. The van der Waals surface area contributed by atoms with Crippen LogP contribution in [0.5, 0.6) is 5.75 Å². The normalized spacial score (nSPS) is 13.6. The Morgan fingerprint density at radius 2 is 2.14 bits per heavy atom. The molecule has 2 unspecified atom stereocenters. The van der Waals surface area contributed by atoms with Gasteiger partial charge in [0.15, 0.2) is 6.61 Å². The fourth-order valence-corrected chi connectivity index (χ4v) is 1.95. The van der Waals surface area contributed by atoms with Gasteiger partial charge in [0.2, 0.25) is 0 Å². The second-order valence-electron chi connectivity index (χ2n) is 5.15. The minimum atomic E-state index is -0.351. The van der Waals surface area contributed by atoms with E-state index in [1.54, 1.807) is 7.11 Å². The van der Waals surface area contributed by atoms with Gasteiger partial charge in [-0.1, -0.05) is 0 Å². The summed E-state index contributed by atoms with van der Waals surface area (Å²) in [5.74, 6) is -0.130. The standard InChI is InChI=1S/C15H23FN2O3/c1-10(17)6-12-7-13(16)4-5-14(12)21-9-15(19)18-11(2)8-20-3/h4-5,7,10-11H,6,8-9,17H2,1-3H3,(H,18,19). The van der Waals surface area contributed by atoms with E-state index in [0.29, 0.717) is 24.3 Å². The number of carbonyl (C=O) groups is 1. The molecule has 1 amide bonds. The molecule has 1 rings (SSSR count). The summed E-state index contributed by atoms with van der Waals surface area (Å²) in [6, 6.07) is 3.97. The molecule has 2 atom stereocenters. The molecule has 0 aliphatic rings. The molecule has 3 N–H and O–H groups in total. The van der Waals surface area contributed by atoms with Gasteiger partial charge in [-0.3, -0.25) is 4.79 Å². The molecule has 21 heavy (non-hydrogen) atoms. The number of hydrogen-bond donors (Lipinski definition) is 2. The fourth-order valence-electron chi connectivity index (χ4n) is 1.95. The van der Waals surface area contributed by atoms with Crippen LogP contribution in [0.15, 0.2) is 18.2 Å². The maximum atomic E-state index is 13.3. The number of halogens is 1. The van der Waals surface area contributed by atoms with Gasteiger partial charge < -0.3 is 20.5 Å². The number of methoxy groups -OCH3 is 1. The number of ether oxygens (including phenoxy) is 2. The van der Waals surface area contributed by atoms with Crippen LogP contribution in [0.4, 0.5) is 4.39 Å². The zero-order valence-electron chi connectivity index (χ0n) is 12.7. The second kappa shape index (κ2) is 8.59. The molecule has 5 nitrogen and oxygen atoms in total. The Hall–Kier alpha value is -1.66. The number of rotatable bonds is 8. The number of amides is 1. The number of carbonyl (C=O) groups excluding carboxylic acids is 1. The van der Waals surface area contributed by atoms with Crippen molar-refractivity contribution in [1.29, 1.82) is 0 Å². The van der Waals surface area contributed by atoms with Crippen molar-refractivity contribution in [2.24, 2.45) is 5.73 Å². The van der Waals surface area contributed by atoms with Gasteiger partial charge in [0.05, 0.1) is 6.61 Å². The van der Waals surface area contributed by atoms with Crippen LogP contribution in [0.25, 0.3) is 0 Å². The molecule has 0 bridgehead atoms. The van der Waals surface area contributed by atoms with Crippen LogP contribution in [-0.2, 0) is 16.0 Å². The number of benzene rings is 1. The first-order chi connectivity index (χ1) is 9.92. The average molecular weight is 298 g/mol. The highest BCUT2D eigenvalue weighted by Crippen LogP contribution is 2.21. The molecule has 0 saturated carbocycles. The summed E-state index contributed by atoms with van der Waals surface area (Å²) in [7, 11) is 1.57. The van der Waals surface area contributed by atoms with Crippen LogP contribution >= 0.6 is 0 Å². The fraction of sp³-hybridized carbons (Fsp3) is 0.533. The van der Waals surface area contributed by atoms with Crippen molar-refractivity contribution in [3.05, 3.63) is 29.6 Å². The van der Waals surface area contributed by atoms with Crippen LogP contribution in [0.2, 0.25) is 0 Å². The lowest BCUT2D eigenvalue weighted by Gasteiger charge is -2.15. The number of nitrogens with one attached hydrogen (secondary N) is 1. The van der Waals surface area contributed by atoms with Crippen molar-refractivity contribution in [2.75, 3.05) is 20.3 Å². The Morgan fingerprint density at radius 3 is 2.76 bits per heavy atom. The Bertz CT molecular complexity index is 466. The molecule has 6 heteroatoms. The van der Waals surface area contributed by atoms with Gasteiger partial charge >= 0.3 is 0 Å². The van der Waals surface area contributed by atoms with Crippen LogP contribution in [0.3, 0.4) is 0 Å². The van der Waals surface area contributed by atoms with E-state index in [9.17, 15) is 9.18 Å². The van der Waals surface area contributed by atoms with Crippen molar-refractivity contribution in [2.45, 2.75) is 32.4 Å². The van der Waals surface area contributed by atoms with Crippen LogP contribution < -0.4 is 15.8 Å². The van der Waals surface area contributed by atoms with Crippen molar-refractivity contribution in [1.82, 2.24) is 5.32 Å². The third-order valence-corrected chi connectivity index (χ3v) is 2.75. The van der Waals surface area contributed by atoms with Crippen molar-refractivity contribution in [3.63, 3.8) is 0 Å². The van der Waals surface area contributed by atoms with Gasteiger partial charge in [-0.25, -0.2) is 4.39 Å². The first-order valence-corrected chi connectivity index (χ1v) is 6.87. The summed E-state index contributed by atoms with van der Waals surface area (Å²) >= 11 is 0. The molecule has 0 aliphatic carbocycles. The summed E-state index contributed by atoms with van der Waals surface area (Å²) in [5, 5.41) is 2.73. The van der Waals surface area contributed by atoms with Crippen LogP contribution in [0.1, 0.15) is 19.4 Å². The Labute approximate surface area is 124 Å². The molecule has 0 radical (unpaired) electrons. The van der Waals surface area contributed by atoms with Crippen molar-refractivity contribution < 1.29 is 18.7 Å². The van der Waals surface area contributed by atoms with Crippen molar-refractivity contribution >= 4 is 5.91 Å². The quantitative estimate of drug-likeness (QED) is 0.757. The number of nitrogens with two attached hydrogens (primary N) is 1. The average Bonchev–Trinajstić information content (AvgIpc) is 2.37. The highest BCUT2D eigenvalue weighted by atomic mass is 19.1. The van der Waals surface area contributed by atoms with E-state index in [4.69, 9.17) is 15.2 Å². The van der Waals surface area contributed by atoms with Gasteiger partial charge in [0.1, 0.15) is 11.6 Å². The van der Waals surface area contributed by atoms with Gasteiger partial charge in [0.25, 0.3) is 5.91 Å². The maximum Gasteiger partial charge on any atom is 0.258 e. The predicted molar refractivity (Wildman–Crippen MR) is 78.7 cm³/mol. The van der Waals surface area contributed by atoms with E-state index >= 15 is 0 Å². The van der Waals surface area contributed by atoms with Crippen LogP contribution in [0, 0.1) is 5.82 Å². The minimum absolute atomic E-state index is 0.0946. The summed E-state index contributed by atoms with van der Waals surface area (Å²) in [5.41, 5.74) is 6.38. The Morgan fingerprint density at radius 1 is 1.43 bits per heavy atom. The zero-order chi connectivity index (χ0) is 15.8. The number of hydrogen-bond acceptors (Lipinski definition) is 4. The highest BCUT2D eigenvalue weighted by Gasteiger charge is 2.11. The van der Waals surface area contributed by atoms with Gasteiger partial charge in [-0.2, -0.15) is 0 Å². The maximum absolute atomic E-state index is 13.3. The van der Waals surface area contributed by atoms with Gasteiger partial charge in [-0.05, 0) is 44.0 Å². The Balaban J connectivity index is 2.60. The van der Waals surface area contributed by atoms with E-state index in [2.05, 4.69) is 5.32 Å². The molecule has 1 aromatic rings. The third kappa shape index (κ3) is 6.55. The lowest BCUT2D eigenvalue weighted by Crippen LogP contribution is -2.38. The second-order valence-corrected chi connectivity index (χ2v) is 5.15. The zero-order valence-corrected chi connectivity index (χ0v) is 12.7. The van der Waals surface area contributed by atoms with E-state index in [1.807, 2.05) is 13.8 Å². The largest absolute Gasteiger partial charge is 0.483 e. The SMILES string of the molecule is COCC(C)NC(=O)COc1ccc(F)cc1CC(C)N. The lowest BCUT2D eigenvalue weighted by atomic mass is 10.1. The minimum Gasteiger partial charge on any atom is -0.483 e. The third-order valence-electron chi connectivity index (χ3n) is 2.75. The van der Waals surface area contributed by atoms with E-state index < -0.39 is 0 Å². The van der Waals surface area contributed by atoms with Crippen molar-refractivity contribution in [3.8, 4) is 5.75 Å². The molecular weight excluding hydrogens is 275 g/mol. The molecule has 0 heterocycles.